The molecule has 2 aliphatic heterocycles. The summed E-state index contributed by atoms with van der Waals surface area (Å²) < 4.78 is 0. The van der Waals surface area contributed by atoms with E-state index < -0.39 is 0 Å². The molecule has 0 N–H and O–H groups in total. The summed E-state index contributed by atoms with van der Waals surface area (Å²) >= 11 is 0. The van der Waals surface area contributed by atoms with Gasteiger partial charge in [-0.15, -0.1) is 0 Å². The lowest BCUT2D eigenvalue weighted by Gasteiger charge is -2.21. The Labute approximate surface area is 141 Å². The van der Waals surface area contributed by atoms with Crippen molar-refractivity contribution >= 4 is 5.91 Å². The molecule has 0 radical (unpaired) electrons. The van der Waals surface area contributed by atoms with Crippen molar-refractivity contribution in [1.29, 1.82) is 0 Å². The first-order chi connectivity index (χ1) is 11.7. The van der Waals surface area contributed by atoms with E-state index in [9.17, 15) is 4.79 Å². The number of carbonyl (C=O) groups is 1. The molecule has 0 bridgehead atoms. The predicted octanol–water partition coefficient (Wildman–Crippen LogP) is 1.38. The number of likely N-dealkylation sites (tertiary alicyclic amines) is 2. The van der Waals surface area contributed by atoms with Crippen LogP contribution in [0.1, 0.15) is 21.7 Å². The van der Waals surface area contributed by atoms with Gasteiger partial charge in [0.15, 0.2) is 0 Å². The molecule has 2 fully saturated rings. The number of carbonyl (C=O) groups excluding carboxylic acids is 1. The standard InChI is InChI=1S/C18H21N5O/c1-13-5-21-17(7-20-13)18(24)23-11-15-9-22(10-16(15)12-23)8-14-3-2-4-19-6-14/h2-7,15-16H,8-12H2,1H3/t15-,16-/m1/s1. The average molecular weight is 323 g/mol. The summed E-state index contributed by atoms with van der Waals surface area (Å²) in [5.74, 6) is 1.13. The van der Waals surface area contributed by atoms with Gasteiger partial charge >= 0.3 is 0 Å². The summed E-state index contributed by atoms with van der Waals surface area (Å²) in [5, 5.41) is 0. The molecule has 2 saturated heterocycles. The number of hydrogen-bond acceptors (Lipinski definition) is 5. The number of nitrogens with zero attached hydrogens (tertiary/aromatic N) is 5. The zero-order valence-electron chi connectivity index (χ0n) is 13.8. The minimum absolute atomic E-state index is 0.00992. The molecule has 0 aliphatic carbocycles. The number of aryl methyl sites for hydroxylation is 1. The Morgan fingerprint density at radius 1 is 1.12 bits per heavy atom. The molecule has 0 spiro atoms. The van der Waals surface area contributed by atoms with Gasteiger partial charge in [-0.3, -0.25) is 19.7 Å². The molecule has 6 heteroatoms. The molecule has 2 aromatic heterocycles. The summed E-state index contributed by atoms with van der Waals surface area (Å²) in [6, 6.07) is 4.10. The van der Waals surface area contributed by atoms with Gasteiger partial charge in [0.25, 0.3) is 5.91 Å². The minimum atomic E-state index is 0.00992. The van der Waals surface area contributed by atoms with Gasteiger partial charge in [0.1, 0.15) is 5.69 Å². The van der Waals surface area contributed by atoms with Gasteiger partial charge in [0, 0.05) is 51.3 Å². The van der Waals surface area contributed by atoms with Crippen molar-refractivity contribution in [2.24, 2.45) is 11.8 Å². The van der Waals surface area contributed by atoms with Crippen molar-refractivity contribution in [1.82, 2.24) is 24.8 Å². The third kappa shape index (κ3) is 3.01. The Morgan fingerprint density at radius 3 is 2.54 bits per heavy atom. The normalized spacial score (nSPS) is 23.5. The second kappa shape index (κ2) is 6.28. The van der Waals surface area contributed by atoms with Gasteiger partial charge < -0.3 is 4.90 Å². The van der Waals surface area contributed by atoms with E-state index in [1.54, 1.807) is 18.6 Å². The molecule has 6 nitrogen and oxygen atoms in total. The highest BCUT2D eigenvalue weighted by atomic mass is 16.2. The van der Waals surface area contributed by atoms with Crippen LogP contribution in [0.5, 0.6) is 0 Å². The molecule has 124 valence electrons. The lowest BCUT2D eigenvalue weighted by Crippen LogP contribution is -2.33. The molecule has 1 amide bonds. The van der Waals surface area contributed by atoms with Crippen LogP contribution in [0, 0.1) is 18.8 Å². The smallest absolute Gasteiger partial charge is 0.274 e. The van der Waals surface area contributed by atoms with Gasteiger partial charge in [-0.25, -0.2) is 4.98 Å². The first kappa shape index (κ1) is 15.2. The van der Waals surface area contributed by atoms with E-state index in [1.165, 1.54) is 5.56 Å². The number of rotatable bonds is 3. The van der Waals surface area contributed by atoms with E-state index in [2.05, 4.69) is 25.9 Å². The fourth-order valence-electron chi connectivity index (χ4n) is 3.80. The van der Waals surface area contributed by atoms with Crippen LogP contribution in [0.2, 0.25) is 0 Å². The Balaban J connectivity index is 1.36. The van der Waals surface area contributed by atoms with Crippen molar-refractivity contribution in [3.63, 3.8) is 0 Å². The average Bonchev–Trinajstić information content (AvgIpc) is 3.14. The van der Waals surface area contributed by atoms with Crippen molar-refractivity contribution in [2.45, 2.75) is 13.5 Å². The summed E-state index contributed by atoms with van der Waals surface area (Å²) in [6.45, 7) is 6.55. The highest BCUT2D eigenvalue weighted by Gasteiger charge is 2.41. The molecule has 0 unspecified atom stereocenters. The van der Waals surface area contributed by atoms with Crippen LogP contribution in [0.4, 0.5) is 0 Å². The maximum Gasteiger partial charge on any atom is 0.274 e. The SMILES string of the molecule is Cc1cnc(C(=O)N2C[C@H]3CN(Cc4cccnc4)C[C@@H]3C2)cn1. The Kier molecular flexibility index (Phi) is 3.98. The van der Waals surface area contributed by atoms with Crippen molar-refractivity contribution in [3.8, 4) is 0 Å². The summed E-state index contributed by atoms with van der Waals surface area (Å²) in [5.41, 5.74) is 2.53. The van der Waals surface area contributed by atoms with Gasteiger partial charge in [-0.05, 0) is 30.4 Å². The monoisotopic (exact) mass is 323 g/mol. The van der Waals surface area contributed by atoms with Crippen molar-refractivity contribution < 1.29 is 4.79 Å². The molecule has 2 atom stereocenters. The van der Waals surface area contributed by atoms with E-state index in [1.807, 2.05) is 24.1 Å². The maximum absolute atomic E-state index is 12.6. The lowest BCUT2D eigenvalue weighted by atomic mass is 10.0. The van der Waals surface area contributed by atoms with E-state index in [0.717, 1.165) is 38.4 Å². The third-order valence-corrected chi connectivity index (χ3v) is 4.98. The van der Waals surface area contributed by atoms with Crippen LogP contribution in [0.15, 0.2) is 36.9 Å². The van der Waals surface area contributed by atoms with Gasteiger partial charge in [0.2, 0.25) is 0 Å². The van der Waals surface area contributed by atoms with Crippen molar-refractivity contribution in [2.75, 3.05) is 26.2 Å². The maximum atomic E-state index is 12.6. The zero-order valence-corrected chi connectivity index (χ0v) is 13.8. The van der Waals surface area contributed by atoms with Gasteiger partial charge in [0.05, 0.1) is 11.9 Å². The first-order valence-corrected chi connectivity index (χ1v) is 8.38. The first-order valence-electron chi connectivity index (χ1n) is 8.38. The number of fused-ring (bicyclic) bond motifs is 1. The van der Waals surface area contributed by atoms with Crippen LogP contribution < -0.4 is 0 Å². The van der Waals surface area contributed by atoms with Crippen LogP contribution in [-0.4, -0.2) is 56.8 Å². The van der Waals surface area contributed by atoms with Gasteiger partial charge in [-0.1, -0.05) is 6.07 Å². The fraction of sp³-hybridized carbons (Fsp3) is 0.444. The third-order valence-electron chi connectivity index (χ3n) is 4.98. The highest BCUT2D eigenvalue weighted by Crippen LogP contribution is 2.32. The topological polar surface area (TPSA) is 62.2 Å². The Morgan fingerprint density at radius 2 is 1.92 bits per heavy atom. The number of hydrogen-bond donors (Lipinski definition) is 0. The molecular formula is C18H21N5O. The number of aromatic nitrogens is 3. The lowest BCUT2D eigenvalue weighted by molar-refractivity contribution is 0.0767. The molecule has 0 saturated carbocycles. The van der Waals surface area contributed by atoms with Crippen LogP contribution in [-0.2, 0) is 6.54 Å². The fourth-order valence-corrected chi connectivity index (χ4v) is 3.80. The summed E-state index contributed by atoms with van der Waals surface area (Å²) in [7, 11) is 0. The van der Waals surface area contributed by atoms with Crippen LogP contribution >= 0.6 is 0 Å². The van der Waals surface area contributed by atoms with E-state index >= 15 is 0 Å². The van der Waals surface area contributed by atoms with Gasteiger partial charge in [-0.2, -0.15) is 0 Å². The largest absolute Gasteiger partial charge is 0.337 e. The quantitative estimate of drug-likeness (QED) is 0.854. The number of amides is 1. The molecule has 2 aliphatic rings. The molecule has 0 aromatic carbocycles. The van der Waals surface area contributed by atoms with Crippen LogP contribution in [0.25, 0.3) is 0 Å². The van der Waals surface area contributed by atoms with E-state index in [0.29, 0.717) is 17.5 Å². The summed E-state index contributed by atoms with van der Waals surface area (Å²) in [6.07, 6.45) is 6.97. The zero-order chi connectivity index (χ0) is 16.5. The second-order valence-electron chi connectivity index (χ2n) is 6.83. The molecule has 4 heterocycles. The van der Waals surface area contributed by atoms with Crippen LogP contribution in [0.3, 0.4) is 0 Å². The Hall–Kier alpha value is -2.34. The molecule has 4 rings (SSSR count). The van der Waals surface area contributed by atoms with E-state index in [4.69, 9.17) is 0 Å². The Bertz CT molecular complexity index is 704. The predicted molar refractivity (Wildman–Crippen MR) is 89.2 cm³/mol. The second-order valence-corrected chi connectivity index (χ2v) is 6.83. The van der Waals surface area contributed by atoms with E-state index in [-0.39, 0.29) is 5.91 Å². The minimum Gasteiger partial charge on any atom is -0.337 e. The molecule has 24 heavy (non-hydrogen) atoms. The summed E-state index contributed by atoms with van der Waals surface area (Å²) in [4.78, 5) is 29.6. The molecular weight excluding hydrogens is 302 g/mol. The molecule has 2 aromatic rings. The number of pyridine rings is 1. The van der Waals surface area contributed by atoms with Crippen molar-refractivity contribution in [3.05, 3.63) is 53.9 Å². The highest BCUT2D eigenvalue weighted by molar-refractivity contribution is 5.92.